The zero-order chi connectivity index (χ0) is 13.8. The lowest BCUT2D eigenvalue weighted by molar-refractivity contribution is -0.145. The van der Waals surface area contributed by atoms with Gasteiger partial charge in [-0.1, -0.05) is 0 Å². The lowest BCUT2D eigenvalue weighted by atomic mass is 9.97. The van der Waals surface area contributed by atoms with Crippen molar-refractivity contribution in [3.8, 4) is 0 Å². The fourth-order valence-electron chi connectivity index (χ4n) is 2.50. The average Bonchev–Trinajstić information content (AvgIpc) is 2.92. The molecule has 0 bridgehead atoms. The second-order valence-electron chi connectivity index (χ2n) is 5.18. The van der Waals surface area contributed by atoms with Gasteiger partial charge in [-0.2, -0.15) is 0 Å². The van der Waals surface area contributed by atoms with Crippen LogP contribution in [0.4, 0.5) is 0 Å². The number of carbonyl (C=O) groups excluding carboxylic acids is 1. The molecule has 1 aromatic rings. The fourth-order valence-corrected chi connectivity index (χ4v) is 2.50. The topological polar surface area (TPSA) is 62.5 Å². The van der Waals surface area contributed by atoms with Gasteiger partial charge < -0.3 is 14.6 Å². The molecular weight excluding hydrogens is 244 g/mol. The first kappa shape index (κ1) is 13.6. The van der Waals surface area contributed by atoms with Crippen LogP contribution in [0, 0.1) is 5.92 Å². The number of carboxylic acids is 1. The van der Waals surface area contributed by atoms with E-state index in [4.69, 9.17) is 5.11 Å². The van der Waals surface area contributed by atoms with Gasteiger partial charge >= 0.3 is 5.97 Å². The Labute approximate surface area is 112 Å². The number of piperidine rings is 1. The molecule has 1 amide bonds. The molecule has 0 radical (unpaired) electrons. The third-order valence-corrected chi connectivity index (χ3v) is 3.80. The predicted molar refractivity (Wildman–Crippen MR) is 70.7 cm³/mol. The summed E-state index contributed by atoms with van der Waals surface area (Å²) in [6.07, 6.45) is 5.51. The molecule has 0 spiro atoms. The maximum Gasteiger partial charge on any atom is 0.306 e. The lowest BCUT2D eigenvalue weighted by Gasteiger charge is -2.31. The Morgan fingerprint density at radius 3 is 2.37 bits per heavy atom. The first-order chi connectivity index (χ1) is 9.08. The third kappa shape index (κ3) is 3.36. The number of hydrogen-bond acceptors (Lipinski definition) is 2. The van der Waals surface area contributed by atoms with Gasteiger partial charge in [0.1, 0.15) is 0 Å². The second-order valence-corrected chi connectivity index (χ2v) is 5.18. The molecular formula is C14H20N2O3. The molecule has 5 heteroatoms. The molecule has 2 heterocycles. The van der Waals surface area contributed by atoms with E-state index in [1.54, 1.807) is 4.90 Å². The number of aliphatic carboxylic acids is 1. The van der Waals surface area contributed by atoms with E-state index in [0.29, 0.717) is 32.4 Å². The smallest absolute Gasteiger partial charge is 0.306 e. The van der Waals surface area contributed by atoms with Crippen molar-refractivity contribution in [3.05, 3.63) is 24.5 Å². The van der Waals surface area contributed by atoms with E-state index in [1.165, 1.54) is 0 Å². The van der Waals surface area contributed by atoms with Gasteiger partial charge in [0, 0.05) is 37.9 Å². The molecule has 5 nitrogen and oxygen atoms in total. The Hall–Kier alpha value is -1.78. The lowest BCUT2D eigenvalue weighted by Crippen LogP contribution is -2.40. The van der Waals surface area contributed by atoms with Crippen LogP contribution in [0.5, 0.6) is 0 Å². The number of rotatable bonds is 4. The summed E-state index contributed by atoms with van der Waals surface area (Å²) >= 11 is 0. The van der Waals surface area contributed by atoms with E-state index >= 15 is 0 Å². The Kier molecular flexibility index (Phi) is 4.24. The number of aromatic nitrogens is 1. The van der Waals surface area contributed by atoms with Crippen LogP contribution in [0.3, 0.4) is 0 Å². The van der Waals surface area contributed by atoms with Crippen LogP contribution in [0.15, 0.2) is 24.5 Å². The van der Waals surface area contributed by atoms with Crippen LogP contribution in [0.1, 0.15) is 32.2 Å². The minimum absolute atomic E-state index is 0.116. The van der Waals surface area contributed by atoms with E-state index in [9.17, 15) is 9.59 Å². The van der Waals surface area contributed by atoms with Crippen LogP contribution in [-0.4, -0.2) is 39.5 Å². The summed E-state index contributed by atoms with van der Waals surface area (Å²) in [6.45, 7) is 3.14. The maximum absolute atomic E-state index is 12.1. The molecule has 1 fully saturated rings. The van der Waals surface area contributed by atoms with Gasteiger partial charge in [-0.25, -0.2) is 0 Å². The summed E-state index contributed by atoms with van der Waals surface area (Å²) in [4.78, 5) is 24.8. The largest absolute Gasteiger partial charge is 0.481 e. The highest BCUT2D eigenvalue weighted by Crippen LogP contribution is 2.20. The van der Waals surface area contributed by atoms with Crippen molar-refractivity contribution in [2.75, 3.05) is 13.1 Å². The molecule has 0 saturated carbocycles. The van der Waals surface area contributed by atoms with Crippen LogP contribution in [0.2, 0.25) is 0 Å². The molecule has 0 aliphatic carbocycles. The van der Waals surface area contributed by atoms with Crippen LogP contribution in [0.25, 0.3) is 0 Å². The zero-order valence-electron chi connectivity index (χ0n) is 11.2. The molecule has 1 aliphatic rings. The van der Waals surface area contributed by atoms with Crippen molar-refractivity contribution in [1.29, 1.82) is 0 Å². The van der Waals surface area contributed by atoms with Gasteiger partial charge in [0.15, 0.2) is 0 Å². The third-order valence-electron chi connectivity index (χ3n) is 3.80. The highest BCUT2D eigenvalue weighted by atomic mass is 16.4. The molecule has 104 valence electrons. The minimum atomic E-state index is -0.743. The molecule has 1 saturated heterocycles. The van der Waals surface area contributed by atoms with Gasteiger partial charge in [-0.15, -0.1) is 0 Å². The van der Waals surface area contributed by atoms with Crippen molar-refractivity contribution >= 4 is 11.9 Å². The Morgan fingerprint density at radius 1 is 1.26 bits per heavy atom. The zero-order valence-corrected chi connectivity index (χ0v) is 11.2. The number of nitrogens with zero attached hydrogens (tertiary/aromatic N) is 2. The first-order valence-electron chi connectivity index (χ1n) is 6.71. The number of amides is 1. The summed E-state index contributed by atoms with van der Waals surface area (Å²) in [6, 6.07) is 4.03. The van der Waals surface area contributed by atoms with Crippen LogP contribution >= 0.6 is 0 Å². The van der Waals surface area contributed by atoms with Gasteiger partial charge in [-0.05, 0) is 31.9 Å². The van der Waals surface area contributed by atoms with Crippen molar-refractivity contribution < 1.29 is 14.7 Å². The predicted octanol–water partition coefficient (Wildman–Crippen LogP) is 1.76. The summed E-state index contributed by atoms with van der Waals surface area (Å²) in [5.41, 5.74) is 0. The highest BCUT2D eigenvalue weighted by molar-refractivity contribution is 5.77. The van der Waals surface area contributed by atoms with Gasteiger partial charge in [0.2, 0.25) is 5.91 Å². The quantitative estimate of drug-likeness (QED) is 0.901. The van der Waals surface area contributed by atoms with E-state index in [2.05, 4.69) is 0 Å². The van der Waals surface area contributed by atoms with Crippen molar-refractivity contribution in [1.82, 2.24) is 9.47 Å². The fraction of sp³-hybridized carbons (Fsp3) is 0.571. The monoisotopic (exact) mass is 264 g/mol. The number of likely N-dealkylation sites (tertiary alicyclic amines) is 1. The molecule has 2 rings (SSSR count). The number of hydrogen-bond donors (Lipinski definition) is 1. The van der Waals surface area contributed by atoms with Crippen LogP contribution in [-0.2, 0) is 9.59 Å². The Morgan fingerprint density at radius 2 is 1.84 bits per heavy atom. The van der Waals surface area contributed by atoms with E-state index in [-0.39, 0.29) is 17.9 Å². The average molecular weight is 264 g/mol. The molecule has 1 atom stereocenters. The van der Waals surface area contributed by atoms with Gasteiger partial charge in [-0.3, -0.25) is 9.59 Å². The van der Waals surface area contributed by atoms with E-state index in [1.807, 2.05) is 36.0 Å². The van der Waals surface area contributed by atoms with Gasteiger partial charge in [0.25, 0.3) is 0 Å². The molecule has 1 N–H and O–H groups in total. The Bertz CT molecular complexity index is 434. The second kappa shape index (κ2) is 5.91. The summed E-state index contributed by atoms with van der Waals surface area (Å²) in [5.74, 6) is -0.913. The standard InChI is InChI=1S/C14H20N2O3/c1-11(15-6-2-3-7-15)10-13(17)16-8-4-12(5-9-16)14(18)19/h2-3,6-7,11-12H,4-5,8-10H2,1H3,(H,18,19). The normalized spacial score (nSPS) is 18.3. The molecule has 0 aromatic carbocycles. The summed E-state index contributed by atoms with van der Waals surface area (Å²) in [7, 11) is 0. The first-order valence-corrected chi connectivity index (χ1v) is 6.71. The molecule has 1 unspecified atom stereocenters. The summed E-state index contributed by atoms with van der Waals surface area (Å²) in [5, 5.41) is 8.93. The van der Waals surface area contributed by atoms with E-state index in [0.717, 1.165) is 0 Å². The number of carbonyl (C=O) groups is 2. The molecule has 1 aromatic heterocycles. The van der Waals surface area contributed by atoms with Crippen LogP contribution < -0.4 is 0 Å². The van der Waals surface area contributed by atoms with Crippen molar-refractivity contribution in [2.45, 2.75) is 32.2 Å². The highest BCUT2D eigenvalue weighted by Gasteiger charge is 2.27. The summed E-state index contributed by atoms with van der Waals surface area (Å²) < 4.78 is 2.02. The Balaban J connectivity index is 1.83. The molecule has 19 heavy (non-hydrogen) atoms. The molecule has 1 aliphatic heterocycles. The SMILES string of the molecule is CC(CC(=O)N1CCC(C(=O)O)CC1)n1cccc1. The van der Waals surface area contributed by atoms with Gasteiger partial charge in [0.05, 0.1) is 5.92 Å². The van der Waals surface area contributed by atoms with Crippen molar-refractivity contribution in [3.63, 3.8) is 0 Å². The minimum Gasteiger partial charge on any atom is -0.481 e. The van der Waals surface area contributed by atoms with E-state index < -0.39 is 5.97 Å². The van der Waals surface area contributed by atoms with Crippen molar-refractivity contribution in [2.24, 2.45) is 5.92 Å². The maximum atomic E-state index is 12.1. The number of carboxylic acid groups (broad SMARTS) is 1.